The summed E-state index contributed by atoms with van der Waals surface area (Å²) in [5.41, 5.74) is 1.08. The smallest absolute Gasteiger partial charge is 0.335 e. The molecule has 0 spiro atoms. The average Bonchev–Trinajstić information content (AvgIpc) is 3.14. The number of carbonyl (C=O) groups excluding carboxylic acids is 3. The van der Waals surface area contributed by atoms with Crippen molar-refractivity contribution in [3.63, 3.8) is 0 Å². The van der Waals surface area contributed by atoms with Gasteiger partial charge < -0.3 is 4.42 Å². The summed E-state index contributed by atoms with van der Waals surface area (Å²) in [5, 5.41) is 3.42. The second-order valence-electron chi connectivity index (χ2n) is 6.51. The Morgan fingerprint density at radius 3 is 2.53 bits per heavy atom. The van der Waals surface area contributed by atoms with Gasteiger partial charge in [0.05, 0.1) is 5.69 Å². The Labute approximate surface area is 181 Å². The summed E-state index contributed by atoms with van der Waals surface area (Å²) in [7, 11) is 0. The van der Waals surface area contributed by atoms with Crippen LogP contribution in [-0.4, -0.2) is 17.8 Å². The van der Waals surface area contributed by atoms with Gasteiger partial charge in [-0.3, -0.25) is 14.9 Å². The third kappa shape index (κ3) is 4.17. The van der Waals surface area contributed by atoms with Crippen molar-refractivity contribution in [1.82, 2.24) is 5.32 Å². The molecule has 150 valence electrons. The molecule has 0 bridgehead atoms. The lowest BCUT2D eigenvalue weighted by atomic mass is 10.1. The number of rotatable bonds is 4. The van der Waals surface area contributed by atoms with Gasteiger partial charge in [-0.15, -0.1) is 0 Å². The summed E-state index contributed by atoms with van der Waals surface area (Å²) in [5.74, 6) is -1.15. The molecule has 0 atom stereocenters. The number of aryl methyl sites for hydroxylation is 1. The van der Waals surface area contributed by atoms with Crippen LogP contribution in [0.15, 0.2) is 80.6 Å². The molecule has 3 aromatic rings. The van der Waals surface area contributed by atoms with E-state index in [2.05, 4.69) is 5.32 Å². The van der Waals surface area contributed by atoms with E-state index in [9.17, 15) is 14.4 Å². The van der Waals surface area contributed by atoms with E-state index in [0.29, 0.717) is 21.6 Å². The first kappa shape index (κ1) is 20.0. The minimum atomic E-state index is -0.786. The minimum absolute atomic E-state index is 0.187. The minimum Gasteiger partial charge on any atom is -0.450 e. The Balaban J connectivity index is 1.60. The van der Waals surface area contributed by atoms with Gasteiger partial charge >= 0.3 is 6.03 Å². The van der Waals surface area contributed by atoms with Crippen LogP contribution in [0.4, 0.5) is 10.5 Å². The maximum atomic E-state index is 12.9. The summed E-state index contributed by atoms with van der Waals surface area (Å²) in [6, 6.07) is 16.8. The quantitative estimate of drug-likeness (QED) is 0.455. The maximum Gasteiger partial charge on any atom is 0.335 e. The molecule has 0 unspecified atom stereocenters. The predicted octanol–water partition coefficient (Wildman–Crippen LogP) is 5.06. The van der Waals surface area contributed by atoms with Gasteiger partial charge in [-0.05, 0) is 67.1 Å². The second kappa shape index (κ2) is 8.22. The Bertz CT molecular complexity index is 1180. The van der Waals surface area contributed by atoms with Crippen molar-refractivity contribution in [1.29, 1.82) is 0 Å². The number of amides is 4. The molecule has 6 nitrogen and oxygen atoms in total. The van der Waals surface area contributed by atoms with E-state index in [-0.39, 0.29) is 5.57 Å². The third-order valence-corrected chi connectivity index (χ3v) is 5.46. The number of hydrogen-bond donors (Lipinski definition) is 1. The highest BCUT2D eigenvalue weighted by Gasteiger charge is 2.37. The van der Waals surface area contributed by atoms with E-state index >= 15 is 0 Å². The standard InChI is InChI=1S/C22H15ClN2O4S/c1-13-3-2-4-15(11-13)25-21(27)18(20(26)24-22(25)28)12-16-7-10-19(29-16)30-17-8-5-14(23)6-9-17/h2-12H,1H3,(H,24,26,28). The lowest BCUT2D eigenvalue weighted by molar-refractivity contribution is -0.122. The number of benzene rings is 2. The monoisotopic (exact) mass is 438 g/mol. The maximum absolute atomic E-state index is 12.9. The molecule has 1 aromatic heterocycles. The van der Waals surface area contributed by atoms with Gasteiger partial charge in [-0.2, -0.15) is 0 Å². The van der Waals surface area contributed by atoms with Gasteiger partial charge in [0.25, 0.3) is 11.8 Å². The van der Waals surface area contributed by atoms with Crippen LogP contribution in [0.25, 0.3) is 6.08 Å². The Hall–Kier alpha value is -3.29. The number of anilines is 1. The molecule has 1 N–H and O–H groups in total. The fourth-order valence-electron chi connectivity index (χ4n) is 2.89. The summed E-state index contributed by atoms with van der Waals surface area (Å²) in [6.07, 6.45) is 1.33. The van der Waals surface area contributed by atoms with Gasteiger partial charge in [-0.25, -0.2) is 9.69 Å². The zero-order chi connectivity index (χ0) is 21.3. The van der Waals surface area contributed by atoms with Crippen molar-refractivity contribution in [2.45, 2.75) is 16.9 Å². The predicted molar refractivity (Wildman–Crippen MR) is 114 cm³/mol. The molecule has 1 aliphatic heterocycles. The Morgan fingerprint density at radius 1 is 1.03 bits per heavy atom. The number of hydrogen-bond acceptors (Lipinski definition) is 5. The van der Waals surface area contributed by atoms with Crippen LogP contribution in [0.5, 0.6) is 0 Å². The zero-order valence-corrected chi connectivity index (χ0v) is 17.3. The fourth-order valence-corrected chi connectivity index (χ4v) is 3.79. The van der Waals surface area contributed by atoms with Crippen LogP contribution in [0, 0.1) is 6.92 Å². The lowest BCUT2D eigenvalue weighted by Crippen LogP contribution is -2.54. The number of nitrogens with one attached hydrogen (secondary N) is 1. The highest BCUT2D eigenvalue weighted by Crippen LogP contribution is 2.31. The first-order chi connectivity index (χ1) is 14.4. The largest absolute Gasteiger partial charge is 0.450 e. The van der Waals surface area contributed by atoms with Gasteiger partial charge in [-0.1, -0.05) is 35.5 Å². The van der Waals surface area contributed by atoms with Gasteiger partial charge in [0.2, 0.25) is 0 Å². The highest BCUT2D eigenvalue weighted by atomic mass is 35.5. The van der Waals surface area contributed by atoms with E-state index in [4.69, 9.17) is 16.0 Å². The van der Waals surface area contributed by atoms with Gasteiger partial charge in [0, 0.05) is 9.92 Å². The first-order valence-corrected chi connectivity index (χ1v) is 10.1. The van der Waals surface area contributed by atoms with E-state index in [0.717, 1.165) is 15.4 Å². The summed E-state index contributed by atoms with van der Waals surface area (Å²) in [4.78, 5) is 39.3. The van der Waals surface area contributed by atoms with Crippen LogP contribution in [0.3, 0.4) is 0 Å². The molecule has 2 heterocycles. The summed E-state index contributed by atoms with van der Waals surface area (Å²) < 4.78 is 5.72. The number of halogens is 1. The van der Waals surface area contributed by atoms with Crippen LogP contribution in [0.2, 0.25) is 5.02 Å². The molecule has 4 amide bonds. The van der Waals surface area contributed by atoms with Crippen LogP contribution >= 0.6 is 23.4 Å². The molecule has 2 aromatic carbocycles. The highest BCUT2D eigenvalue weighted by molar-refractivity contribution is 7.99. The van der Waals surface area contributed by atoms with Crippen molar-refractivity contribution in [3.8, 4) is 0 Å². The molecule has 0 saturated carbocycles. The summed E-state index contributed by atoms with van der Waals surface area (Å²) >= 11 is 7.27. The van der Waals surface area contributed by atoms with Crippen molar-refractivity contribution in [2.75, 3.05) is 4.90 Å². The Kier molecular flexibility index (Phi) is 5.48. The molecule has 4 rings (SSSR count). The zero-order valence-electron chi connectivity index (χ0n) is 15.7. The first-order valence-electron chi connectivity index (χ1n) is 8.92. The van der Waals surface area contributed by atoms with Gasteiger partial charge in [0.1, 0.15) is 11.3 Å². The third-order valence-electron chi connectivity index (χ3n) is 4.28. The molecular weight excluding hydrogens is 424 g/mol. The molecule has 0 aliphatic carbocycles. The van der Waals surface area contributed by atoms with E-state index in [1.165, 1.54) is 17.8 Å². The number of carbonyl (C=O) groups is 3. The number of urea groups is 1. The van der Waals surface area contributed by atoms with E-state index in [1.807, 2.05) is 25.1 Å². The van der Waals surface area contributed by atoms with E-state index < -0.39 is 17.8 Å². The summed E-state index contributed by atoms with van der Waals surface area (Å²) in [6.45, 7) is 1.85. The van der Waals surface area contributed by atoms with Crippen LogP contribution < -0.4 is 10.2 Å². The van der Waals surface area contributed by atoms with E-state index in [1.54, 1.807) is 42.5 Å². The number of barbiturate groups is 1. The van der Waals surface area contributed by atoms with Gasteiger partial charge in [0.15, 0.2) is 5.09 Å². The number of imide groups is 2. The molecule has 1 saturated heterocycles. The van der Waals surface area contributed by atoms with Crippen molar-refractivity contribution >= 4 is 53.0 Å². The topological polar surface area (TPSA) is 79.6 Å². The lowest BCUT2D eigenvalue weighted by Gasteiger charge is -2.26. The normalized spacial score (nSPS) is 15.6. The molecule has 8 heteroatoms. The van der Waals surface area contributed by atoms with Crippen molar-refractivity contribution < 1.29 is 18.8 Å². The number of furan rings is 1. The molecular formula is C22H15ClN2O4S. The van der Waals surface area contributed by atoms with Crippen LogP contribution in [-0.2, 0) is 9.59 Å². The Morgan fingerprint density at radius 2 is 1.80 bits per heavy atom. The van der Waals surface area contributed by atoms with Crippen molar-refractivity contribution in [3.05, 3.63) is 82.6 Å². The molecule has 1 fully saturated rings. The average molecular weight is 439 g/mol. The fraction of sp³-hybridized carbons (Fsp3) is 0.0455. The van der Waals surface area contributed by atoms with Crippen molar-refractivity contribution in [2.24, 2.45) is 0 Å². The molecule has 30 heavy (non-hydrogen) atoms. The SMILES string of the molecule is Cc1cccc(N2C(=O)NC(=O)C(=Cc3ccc(Sc4ccc(Cl)cc4)o3)C2=O)c1. The second-order valence-corrected chi connectivity index (χ2v) is 8.02. The van der Waals surface area contributed by atoms with Crippen LogP contribution in [0.1, 0.15) is 11.3 Å². The number of nitrogens with zero attached hydrogens (tertiary/aromatic N) is 1. The molecule has 0 radical (unpaired) electrons. The molecule has 1 aliphatic rings.